The number of anilines is 2. The molecule has 0 radical (unpaired) electrons. The van der Waals surface area contributed by atoms with E-state index in [9.17, 15) is 4.79 Å². The Morgan fingerprint density at radius 2 is 1.80 bits per heavy atom. The summed E-state index contributed by atoms with van der Waals surface area (Å²) in [6.45, 7) is 0. The number of benzene rings is 3. The highest BCUT2D eigenvalue weighted by atomic mass is 35.5. The third-order valence-electron chi connectivity index (χ3n) is 5.56. The number of fused-ring (bicyclic) bond motifs is 1. The minimum Gasteiger partial charge on any atom is -0.497 e. The molecule has 0 saturated carbocycles. The second-order valence-corrected chi connectivity index (χ2v) is 8.24. The smallest absolute Gasteiger partial charge is 0.250 e. The van der Waals surface area contributed by atoms with Crippen LogP contribution in [-0.2, 0) is 4.79 Å². The van der Waals surface area contributed by atoms with Gasteiger partial charge >= 0.3 is 0 Å². The van der Waals surface area contributed by atoms with Crippen molar-refractivity contribution in [1.82, 2.24) is 14.8 Å². The summed E-state index contributed by atoms with van der Waals surface area (Å²) in [5, 5.41) is 11.2. The number of carbonyl (C=O) groups excluding carboxylic acids is 1. The lowest BCUT2D eigenvalue weighted by Crippen LogP contribution is -2.20. The van der Waals surface area contributed by atoms with Crippen molar-refractivity contribution in [3.05, 3.63) is 113 Å². The number of carbonyl (C=O) groups is 1. The average molecular weight is 484 g/mol. The number of nitrogens with zero attached hydrogens (tertiary/aromatic N) is 3. The minimum atomic E-state index is -0.356. The number of halogens is 1. The summed E-state index contributed by atoms with van der Waals surface area (Å²) in [5.41, 5.74) is 3.68. The zero-order valence-corrected chi connectivity index (χ0v) is 19.6. The molecule has 0 spiro atoms. The molecule has 7 nitrogen and oxygen atoms in total. The van der Waals surface area contributed by atoms with E-state index in [0.29, 0.717) is 11.0 Å². The Labute approximate surface area is 207 Å². The fourth-order valence-electron chi connectivity index (χ4n) is 3.80. The zero-order valence-electron chi connectivity index (χ0n) is 18.9. The molecule has 0 saturated heterocycles. The number of aromatic nitrogens is 3. The van der Waals surface area contributed by atoms with E-state index in [4.69, 9.17) is 16.3 Å². The van der Waals surface area contributed by atoms with Crippen LogP contribution in [0.1, 0.15) is 22.7 Å². The second kappa shape index (κ2) is 9.87. The predicted octanol–water partition coefficient (Wildman–Crippen LogP) is 5.65. The molecule has 35 heavy (non-hydrogen) atoms. The number of ether oxygens (including phenoxy) is 1. The van der Waals surface area contributed by atoms with Gasteiger partial charge in [0.15, 0.2) is 0 Å². The first-order valence-corrected chi connectivity index (χ1v) is 11.4. The van der Waals surface area contributed by atoms with Crippen LogP contribution in [0.25, 0.3) is 11.8 Å². The Kier molecular flexibility index (Phi) is 6.32. The molecule has 1 atom stereocenters. The summed E-state index contributed by atoms with van der Waals surface area (Å²) < 4.78 is 7.05. The molecule has 1 amide bonds. The fraction of sp³-hybridized carbons (Fsp3) is 0.0741. The van der Waals surface area contributed by atoms with Crippen molar-refractivity contribution < 1.29 is 9.53 Å². The lowest BCUT2D eigenvalue weighted by Gasteiger charge is -2.24. The molecular formula is C27H22ClN5O2. The van der Waals surface area contributed by atoms with Gasteiger partial charge in [-0.25, -0.2) is 4.68 Å². The van der Waals surface area contributed by atoms with Crippen molar-refractivity contribution in [3.63, 3.8) is 0 Å². The van der Waals surface area contributed by atoms with Gasteiger partial charge in [0, 0.05) is 16.8 Å². The van der Waals surface area contributed by atoms with E-state index < -0.39 is 0 Å². The van der Waals surface area contributed by atoms with Crippen LogP contribution in [0, 0.1) is 0 Å². The molecule has 8 heteroatoms. The molecule has 2 heterocycles. The van der Waals surface area contributed by atoms with E-state index in [1.54, 1.807) is 23.9 Å². The third-order valence-corrected chi connectivity index (χ3v) is 5.91. The van der Waals surface area contributed by atoms with E-state index >= 15 is 0 Å². The summed E-state index contributed by atoms with van der Waals surface area (Å²) >= 11 is 6.16. The number of nitrogens with one attached hydrogen (secondary N) is 2. The van der Waals surface area contributed by atoms with Crippen molar-refractivity contribution in [2.24, 2.45) is 0 Å². The normalized spacial score (nSPS) is 14.7. The molecule has 0 fully saturated rings. The summed E-state index contributed by atoms with van der Waals surface area (Å²) in [4.78, 5) is 17.1. The van der Waals surface area contributed by atoms with Gasteiger partial charge in [0.05, 0.1) is 7.11 Å². The molecule has 3 aromatic carbocycles. The number of allylic oxidation sites excluding steroid dienone is 1. The van der Waals surface area contributed by atoms with Crippen LogP contribution in [0.4, 0.5) is 11.9 Å². The highest BCUT2D eigenvalue weighted by Crippen LogP contribution is 2.33. The number of amides is 1. The average Bonchev–Trinajstić information content (AvgIpc) is 3.30. The maximum atomic E-state index is 12.5. The molecule has 1 aliphatic heterocycles. The fourth-order valence-corrected chi connectivity index (χ4v) is 4.00. The highest BCUT2D eigenvalue weighted by molar-refractivity contribution is 6.32. The Balaban J connectivity index is 1.43. The first kappa shape index (κ1) is 22.4. The number of hydrogen-bond donors (Lipinski definition) is 2. The first-order chi connectivity index (χ1) is 17.1. The lowest BCUT2D eigenvalue weighted by atomic mass is 10.0. The molecule has 0 aliphatic carbocycles. The molecule has 4 aromatic rings. The van der Waals surface area contributed by atoms with Gasteiger partial charge in [0.1, 0.15) is 11.8 Å². The second-order valence-electron chi connectivity index (χ2n) is 7.84. The monoisotopic (exact) mass is 483 g/mol. The molecule has 0 bridgehead atoms. The van der Waals surface area contributed by atoms with Gasteiger partial charge in [-0.1, -0.05) is 72.3 Å². The lowest BCUT2D eigenvalue weighted by molar-refractivity contribution is -0.111. The van der Waals surface area contributed by atoms with Crippen molar-refractivity contribution >= 4 is 41.2 Å². The summed E-state index contributed by atoms with van der Waals surface area (Å²) in [7, 11) is 1.64. The largest absolute Gasteiger partial charge is 0.497 e. The number of hydrogen-bond acceptors (Lipinski definition) is 5. The van der Waals surface area contributed by atoms with Crippen LogP contribution >= 0.6 is 11.6 Å². The molecule has 1 aromatic heterocycles. The maximum absolute atomic E-state index is 12.5. The van der Waals surface area contributed by atoms with Crippen molar-refractivity contribution in [3.8, 4) is 5.75 Å². The van der Waals surface area contributed by atoms with Crippen LogP contribution in [0.15, 0.2) is 91.0 Å². The van der Waals surface area contributed by atoms with Crippen LogP contribution in [0.2, 0.25) is 5.02 Å². The quantitative estimate of drug-likeness (QED) is 0.346. The molecular weight excluding hydrogens is 462 g/mol. The van der Waals surface area contributed by atoms with Crippen molar-refractivity contribution in [1.29, 1.82) is 0 Å². The van der Waals surface area contributed by atoms with Gasteiger partial charge in [-0.3, -0.25) is 10.1 Å². The van der Waals surface area contributed by atoms with E-state index in [2.05, 4.69) is 26.8 Å². The summed E-state index contributed by atoms with van der Waals surface area (Å²) in [6.07, 6.45) is 5.14. The number of methoxy groups -OCH3 is 1. The highest BCUT2D eigenvalue weighted by Gasteiger charge is 2.25. The van der Waals surface area contributed by atoms with Crippen LogP contribution < -0.4 is 15.4 Å². The summed E-state index contributed by atoms with van der Waals surface area (Å²) in [6, 6.07) is 24.9. The Hall–Kier alpha value is -4.36. The minimum absolute atomic E-state index is 0.197. The van der Waals surface area contributed by atoms with Gasteiger partial charge < -0.3 is 10.1 Å². The van der Waals surface area contributed by atoms with E-state index in [1.165, 1.54) is 6.08 Å². The molecule has 1 aliphatic rings. The van der Waals surface area contributed by atoms with Crippen molar-refractivity contribution in [2.45, 2.75) is 6.04 Å². The maximum Gasteiger partial charge on any atom is 0.250 e. The Morgan fingerprint density at radius 3 is 2.54 bits per heavy atom. The molecule has 2 N–H and O–H groups in total. The van der Waals surface area contributed by atoms with Crippen LogP contribution in [0.3, 0.4) is 0 Å². The standard InChI is InChI=1S/C27H22ClN5O2/c1-35-21-14-11-20(12-15-21)24-17-23(19-8-3-2-4-9-19)29-27-31-26(32-33(24)27)30-25(34)16-13-18-7-5-6-10-22(18)28/h2-17,24H,1H3,(H2,29,30,31,32,34)/b16-13+/t24-/m1/s1. The molecule has 174 valence electrons. The zero-order chi connectivity index (χ0) is 24.2. The van der Waals surface area contributed by atoms with Crippen LogP contribution in [-0.4, -0.2) is 27.8 Å². The Bertz CT molecular complexity index is 1410. The summed E-state index contributed by atoms with van der Waals surface area (Å²) in [5.74, 6) is 1.14. The van der Waals surface area contributed by atoms with E-state index in [-0.39, 0.29) is 17.9 Å². The number of rotatable bonds is 6. The van der Waals surface area contributed by atoms with Gasteiger partial charge in [-0.2, -0.15) is 4.98 Å². The van der Waals surface area contributed by atoms with E-state index in [0.717, 1.165) is 28.1 Å². The predicted molar refractivity (Wildman–Crippen MR) is 138 cm³/mol. The Morgan fingerprint density at radius 1 is 1.06 bits per heavy atom. The van der Waals surface area contributed by atoms with Crippen LogP contribution in [0.5, 0.6) is 5.75 Å². The van der Waals surface area contributed by atoms with E-state index in [1.807, 2.05) is 72.8 Å². The van der Waals surface area contributed by atoms with Crippen molar-refractivity contribution in [2.75, 3.05) is 17.7 Å². The molecule has 5 rings (SSSR count). The van der Waals surface area contributed by atoms with Gasteiger partial charge in [-0.15, -0.1) is 5.10 Å². The van der Waals surface area contributed by atoms with Gasteiger partial charge in [-0.05, 0) is 47.0 Å². The third kappa shape index (κ3) is 4.95. The van der Waals surface area contributed by atoms with Gasteiger partial charge in [0.25, 0.3) is 11.9 Å². The topological polar surface area (TPSA) is 81.1 Å². The molecule has 0 unspecified atom stereocenters. The van der Waals surface area contributed by atoms with Gasteiger partial charge in [0.2, 0.25) is 5.95 Å². The first-order valence-electron chi connectivity index (χ1n) is 11.0. The SMILES string of the molecule is COc1ccc([C@H]2C=C(c3ccccc3)Nc3nc(NC(=O)/C=C/c4ccccc4Cl)nn32)cc1.